The molecule has 0 saturated carbocycles. The zero-order valence-corrected chi connectivity index (χ0v) is 10.5. The standard InChI is InChI=1S/C14H18FNO2/c1-10-6-7-16(13(8-10)14(17)18)9-11-2-4-12(15)5-3-11/h2-5,10,13H,6-9H2,1H3,(H,17,18). The molecule has 3 nitrogen and oxygen atoms in total. The van der Waals surface area contributed by atoms with Crippen LogP contribution in [0.3, 0.4) is 0 Å². The Labute approximate surface area is 106 Å². The summed E-state index contributed by atoms with van der Waals surface area (Å²) in [5.74, 6) is -0.569. The van der Waals surface area contributed by atoms with Crippen LogP contribution in [-0.2, 0) is 11.3 Å². The van der Waals surface area contributed by atoms with Gasteiger partial charge in [0.15, 0.2) is 0 Å². The molecule has 1 aromatic carbocycles. The second-order valence-corrected chi connectivity index (χ2v) is 5.08. The maximum Gasteiger partial charge on any atom is 0.320 e. The zero-order valence-electron chi connectivity index (χ0n) is 10.5. The highest BCUT2D eigenvalue weighted by atomic mass is 19.1. The molecule has 0 aromatic heterocycles. The highest BCUT2D eigenvalue weighted by molar-refractivity contribution is 5.73. The minimum absolute atomic E-state index is 0.263. The Balaban J connectivity index is 2.06. The Hall–Kier alpha value is -1.42. The van der Waals surface area contributed by atoms with Crippen LogP contribution in [0.5, 0.6) is 0 Å². The highest BCUT2D eigenvalue weighted by Gasteiger charge is 2.31. The molecule has 0 amide bonds. The number of piperidine rings is 1. The van der Waals surface area contributed by atoms with Gasteiger partial charge in [0.1, 0.15) is 11.9 Å². The number of carboxylic acid groups (broad SMARTS) is 1. The number of nitrogens with zero attached hydrogens (tertiary/aromatic N) is 1. The summed E-state index contributed by atoms with van der Waals surface area (Å²) in [6.07, 6.45) is 1.71. The van der Waals surface area contributed by atoms with Crippen LogP contribution in [0, 0.1) is 11.7 Å². The van der Waals surface area contributed by atoms with Crippen LogP contribution in [0.2, 0.25) is 0 Å². The fraction of sp³-hybridized carbons (Fsp3) is 0.500. The third-order valence-electron chi connectivity index (χ3n) is 3.56. The molecule has 18 heavy (non-hydrogen) atoms. The summed E-state index contributed by atoms with van der Waals surface area (Å²) in [5.41, 5.74) is 0.956. The number of carboxylic acids is 1. The quantitative estimate of drug-likeness (QED) is 0.897. The van der Waals surface area contributed by atoms with E-state index >= 15 is 0 Å². The Morgan fingerprint density at radius 1 is 1.44 bits per heavy atom. The number of carbonyl (C=O) groups is 1. The van der Waals surface area contributed by atoms with E-state index in [4.69, 9.17) is 0 Å². The summed E-state index contributed by atoms with van der Waals surface area (Å²) in [6, 6.07) is 5.84. The summed E-state index contributed by atoms with van der Waals surface area (Å²) >= 11 is 0. The lowest BCUT2D eigenvalue weighted by atomic mass is 9.92. The number of benzene rings is 1. The molecule has 2 unspecified atom stereocenters. The predicted octanol–water partition coefficient (Wildman–Crippen LogP) is 2.51. The first-order valence-electron chi connectivity index (χ1n) is 6.27. The van der Waals surface area contributed by atoms with Crippen molar-refractivity contribution >= 4 is 5.97 Å². The fourth-order valence-corrected chi connectivity index (χ4v) is 2.46. The molecule has 1 fully saturated rings. The van der Waals surface area contributed by atoms with Gasteiger partial charge in [-0.25, -0.2) is 4.39 Å². The second-order valence-electron chi connectivity index (χ2n) is 5.08. The fourth-order valence-electron chi connectivity index (χ4n) is 2.46. The van der Waals surface area contributed by atoms with Crippen LogP contribution in [-0.4, -0.2) is 28.6 Å². The van der Waals surface area contributed by atoms with E-state index in [1.165, 1.54) is 12.1 Å². The summed E-state index contributed by atoms with van der Waals surface area (Å²) in [5, 5.41) is 9.25. The average molecular weight is 251 g/mol. The van der Waals surface area contributed by atoms with Gasteiger partial charge in [0, 0.05) is 6.54 Å². The van der Waals surface area contributed by atoms with Gasteiger partial charge in [0.25, 0.3) is 0 Å². The van der Waals surface area contributed by atoms with Crippen LogP contribution < -0.4 is 0 Å². The van der Waals surface area contributed by atoms with E-state index < -0.39 is 12.0 Å². The Morgan fingerprint density at radius 2 is 2.11 bits per heavy atom. The van der Waals surface area contributed by atoms with Gasteiger partial charge in [-0.05, 0) is 43.0 Å². The maximum absolute atomic E-state index is 12.8. The van der Waals surface area contributed by atoms with Crippen molar-refractivity contribution in [2.24, 2.45) is 5.92 Å². The first-order valence-corrected chi connectivity index (χ1v) is 6.27. The van der Waals surface area contributed by atoms with E-state index in [9.17, 15) is 14.3 Å². The maximum atomic E-state index is 12.8. The third-order valence-corrected chi connectivity index (χ3v) is 3.56. The molecule has 1 aromatic rings. The lowest BCUT2D eigenvalue weighted by Crippen LogP contribution is -2.46. The van der Waals surface area contributed by atoms with Gasteiger partial charge in [0.05, 0.1) is 0 Å². The lowest BCUT2D eigenvalue weighted by molar-refractivity contribution is -0.145. The number of hydrogen-bond acceptors (Lipinski definition) is 2. The highest BCUT2D eigenvalue weighted by Crippen LogP contribution is 2.24. The molecule has 0 aliphatic carbocycles. The monoisotopic (exact) mass is 251 g/mol. The summed E-state index contributed by atoms with van der Waals surface area (Å²) in [7, 11) is 0. The normalized spacial score (nSPS) is 25.0. The van der Waals surface area contributed by atoms with Crippen LogP contribution >= 0.6 is 0 Å². The summed E-state index contributed by atoms with van der Waals surface area (Å²) in [6.45, 7) is 3.45. The van der Waals surface area contributed by atoms with E-state index in [2.05, 4.69) is 6.92 Å². The molecular formula is C14H18FNO2. The molecule has 1 heterocycles. The van der Waals surface area contributed by atoms with E-state index in [-0.39, 0.29) is 5.82 Å². The van der Waals surface area contributed by atoms with Gasteiger partial charge in [-0.2, -0.15) is 0 Å². The molecule has 0 bridgehead atoms. The van der Waals surface area contributed by atoms with Gasteiger partial charge in [-0.1, -0.05) is 19.1 Å². The molecule has 0 radical (unpaired) electrons. The lowest BCUT2D eigenvalue weighted by Gasteiger charge is -2.35. The van der Waals surface area contributed by atoms with Crippen molar-refractivity contribution in [1.29, 1.82) is 0 Å². The van der Waals surface area contributed by atoms with Crippen molar-refractivity contribution in [2.75, 3.05) is 6.54 Å². The molecule has 98 valence electrons. The van der Waals surface area contributed by atoms with E-state index in [0.717, 1.165) is 18.5 Å². The summed E-state index contributed by atoms with van der Waals surface area (Å²) < 4.78 is 12.8. The number of rotatable bonds is 3. The number of hydrogen-bond donors (Lipinski definition) is 1. The van der Waals surface area contributed by atoms with E-state index in [0.29, 0.717) is 18.9 Å². The van der Waals surface area contributed by atoms with Gasteiger partial charge >= 0.3 is 5.97 Å². The molecule has 1 aliphatic rings. The van der Waals surface area contributed by atoms with Crippen LogP contribution in [0.15, 0.2) is 24.3 Å². The third kappa shape index (κ3) is 3.07. The molecule has 0 spiro atoms. The molecule has 1 N–H and O–H groups in total. The zero-order chi connectivity index (χ0) is 13.1. The molecule has 1 saturated heterocycles. The molecule has 2 atom stereocenters. The number of aliphatic carboxylic acids is 1. The topological polar surface area (TPSA) is 40.5 Å². The van der Waals surface area contributed by atoms with Gasteiger partial charge < -0.3 is 5.11 Å². The van der Waals surface area contributed by atoms with Crippen LogP contribution in [0.25, 0.3) is 0 Å². The Morgan fingerprint density at radius 3 is 2.72 bits per heavy atom. The first kappa shape index (κ1) is 13.0. The average Bonchev–Trinajstić information content (AvgIpc) is 2.34. The Bertz CT molecular complexity index is 418. The van der Waals surface area contributed by atoms with E-state index in [1.54, 1.807) is 12.1 Å². The van der Waals surface area contributed by atoms with Crippen molar-refractivity contribution < 1.29 is 14.3 Å². The minimum atomic E-state index is -0.760. The van der Waals surface area contributed by atoms with Crippen LogP contribution in [0.4, 0.5) is 4.39 Å². The summed E-state index contributed by atoms with van der Waals surface area (Å²) in [4.78, 5) is 13.2. The van der Waals surface area contributed by atoms with Crippen molar-refractivity contribution in [3.05, 3.63) is 35.6 Å². The largest absolute Gasteiger partial charge is 0.480 e. The van der Waals surface area contributed by atoms with E-state index in [1.807, 2.05) is 4.90 Å². The Kier molecular flexibility index (Phi) is 3.97. The van der Waals surface area contributed by atoms with Gasteiger partial charge in [-0.15, -0.1) is 0 Å². The first-order chi connectivity index (χ1) is 8.56. The number of halogens is 1. The SMILES string of the molecule is CC1CCN(Cc2ccc(F)cc2)C(C(=O)O)C1. The van der Waals surface area contributed by atoms with Crippen molar-refractivity contribution in [2.45, 2.75) is 32.4 Å². The number of likely N-dealkylation sites (tertiary alicyclic amines) is 1. The second kappa shape index (κ2) is 5.48. The van der Waals surface area contributed by atoms with Crippen molar-refractivity contribution in [3.63, 3.8) is 0 Å². The molecule has 2 rings (SSSR count). The molecular weight excluding hydrogens is 233 g/mol. The molecule has 1 aliphatic heterocycles. The van der Waals surface area contributed by atoms with Gasteiger partial charge in [-0.3, -0.25) is 9.69 Å². The van der Waals surface area contributed by atoms with Crippen LogP contribution in [0.1, 0.15) is 25.3 Å². The van der Waals surface area contributed by atoms with Gasteiger partial charge in [0.2, 0.25) is 0 Å². The predicted molar refractivity (Wildman–Crippen MR) is 66.6 cm³/mol. The van der Waals surface area contributed by atoms with Crippen molar-refractivity contribution in [3.8, 4) is 0 Å². The van der Waals surface area contributed by atoms with Crippen molar-refractivity contribution in [1.82, 2.24) is 4.90 Å². The smallest absolute Gasteiger partial charge is 0.320 e. The minimum Gasteiger partial charge on any atom is -0.480 e. The molecule has 4 heteroatoms.